The van der Waals surface area contributed by atoms with Crippen LogP contribution in [0.15, 0.2) is 24.3 Å². The fourth-order valence-electron chi connectivity index (χ4n) is 1.75. The zero-order chi connectivity index (χ0) is 14.7. The van der Waals surface area contributed by atoms with E-state index in [4.69, 9.17) is 22.2 Å². The molecule has 0 unspecified atom stereocenters. The standard InChI is InChI=1S/C13H15ClN4O2/c1-8-12(14)9(2)18(17-8)7-20-11-5-3-4-10(6-11)13(19)16-15/h3-6H,7,15H2,1-2H3,(H,16,19). The van der Waals surface area contributed by atoms with Crippen LogP contribution >= 0.6 is 11.6 Å². The molecule has 0 aliphatic rings. The Morgan fingerprint density at radius 2 is 2.25 bits per heavy atom. The summed E-state index contributed by atoms with van der Waals surface area (Å²) in [6.45, 7) is 3.91. The fourth-order valence-corrected chi connectivity index (χ4v) is 1.88. The van der Waals surface area contributed by atoms with Crippen molar-refractivity contribution in [2.75, 3.05) is 0 Å². The second-order valence-corrected chi connectivity index (χ2v) is 4.64. The molecule has 20 heavy (non-hydrogen) atoms. The van der Waals surface area contributed by atoms with E-state index in [1.54, 1.807) is 28.9 Å². The lowest BCUT2D eigenvalue weighted by molar-refractivity contribution is 0.0953. The minimum absolute atomic E-state index is 0.215. The van der Waals surface area contributed by atoms with Gasteiger partial charge in [-0.25, -0.2) is 10.5 Å². The number of benzene rings is 1. The van der Waals surface area contributed by atoms with Crippen molar-refractivity contribution in [1.29, 1.82) is 0 Å². The Morgan fingerprint density at radius 3 is 2.85 bits per heavy atom. The quantitative estimate of drug-likeness (QED) is 0.512. The Balaban J connectivity index is 2.11. The summed E-state index contributed by atoms with van der Waals surface area (Å²) in [4.78, 5) is 11.4. The van der Waals surface area contributed by atoms with Gasteiger partial charge in [0.1, 0.15) is 5.75 Å². The van der Waals surface area contributed by atoms with Crippen LogP contribution in [-0.4, -0.2) is 15.7 Å². The summed E-state index contributed by atoms with van der Waals surface area (Å²) in [6.07, 6.45) is 0. The first-order chi connectivity index (χ1) is 9.52. The largest absolute Gasteiger partial charge is 0.471 e. The Morgan fingerprint density at radius 1 is 1.50 bits per heavy atom. The van der Waals surface area contributed by atoms with Gasteiger partial charge in [-0.3, -0.25) is 10.2 Å². The second kappa shape index (κ2) is 5.94. The van der Waals surface area contributed by atoms with Crippen LogP contribution in [0.5, 0.6) is 5.75 Å². The minimum Gasteiger partial charge on any atom is -0.471 e. The summed E-state index contributed by atoms with van der Waals surface area (Å²) in [5.41, 5.74) is 4.09. The van der Waals surface area contributed by atoms with Gasteiger partial charge in [-0.15, -0.1) is 0 Å². The van der Waals surface area contributed by atoms with Crippen molar-refractivity contribution < 1.29 is 9.53 Å². The summed E-state index contributed by atoms with van der Waals surface area (Å²) in [6, 6.07) is 6.72. The predicted molar refractivity (Wildman–Crippen MR) is 75.4 cm³/mol. The zero-order valence-corrected chi connectivity index (χ0v) is 11.9. The molecule has 2 aromatic rings. The summed E-state index contributed by atoms with van der Waals surface area (Å²) in [7, 11) is 0. The molecule has 0 saturated heterocycles. The van der Waals surface area contributed by atoms with Crippen LogP contribution in [-0.2, 0) is 6.73 Å². The molecule has 106 valence electrons. The van der Waals surface area contributed by atoms with Crippen molar-refractivity contribution in [3.63, 3.8) is 0 Å². The highest BCUT2D eigenvalue weighted by atomic mass is 35.5. The average Bonchev–Trinajstić information content (AvgIpc) is 2.72. The average molecular weight is 295 g/mol. The first-order valence-electron chi connectivity index (χ1n) is 5.96. The third kappa shape index (κ3) is 2.92. The number of aryl methyl sites for hydroxylation is 1. The summed E-state index contributed by atoms with van der Waals surface area (Å²) in [5, 5.41) is 4.89. The van der Waals surface area contributed by atoms with Gasteiger partial charge >= 0.3 is 0 Å². The minimum atomic E-state index is -0.371. The number of hydrogen-bond acceptors (Lipinski definition) is 4. The van der Waals surface area contributed by atoms with E-state index in [9.17, 15) is 4.79 Å². The number of carbonyl (C=O) groups is 1. The van der Waals surface area contributed by atoms with E-state index in [-0.39, 0.29) is 12.6 Å². The number of halogens is 1. The first kappa shape index (κ1) is 14.4. The van der Waals surface area contributed by atoms with Gasteiger partial charge in [-0.1, -0.05) is 17.7 Å². The van der Waals surface area contributed by atoms with Crippen molar-refractivity contribution in [3.8, 4) is 5.75 Å². The third-order valence-corrected chi connectivity index (χ3v) is 3.42. The molecule has 7 heteroatoms. The van der Waals surface area contributed by atoms with E-state index in [1.165, 1.54) is 0 Å². The maximum Gasteiger partial charge on any atom is 0.265 e. The highest BCUT2D eigenvalue weighted by Crippen LogP contribution is 2.20. The Kier molecular flexibility index (Phi) is 4.26. The maximum absolute atomic E-state index is 11.4. The number of nitrogens with two attached hydrogens (primary N) is 1. The molecule has 0 spiro atoms. The summed E-state index contributed by atoms with van der Waals surface area (Å²) >= 11 is 6.06. The van der Waals surface area contributed by atoms with Gasteiger partial charge in [-0.2, -0.15) is 5.10 Å². The third-order valence-electron chi connectivity index (χ3n) is 2.87. The normalized spacial score (nSPS) is 10.4. The van der Waals surface area contributed by atoms with E-state index in [1.807, 2.05) is 13.8 Å². The van der Waals surface area contributed by atoms with Crippen molar-refractivity contribution >= 4 is 17.5 Å². The number of nitrogens with one attached hydrogen (secondary N) is 1. The van der Waals surface area contributed by atoms with Crippen LogP contribution in [0.25, 0.3) is 0 Å². The maximum atomic E-state index is 11.4. The van der Waals surface area contributed by atoms with Crippen LogP contribution < -0.4 is 16.0 Å². The van der Waals surface area contributed by atoms with Crippen molar-refractivity contribution in [3.05, 3.63) is 46.2 Å². The number of ether oxygens (including phenoxy) is 1. The number of amides is 1. The van der Waals surface area contributed by atoms with E-state index < -0.39 is 0 Å². The number of hydrogen-bond donors (Lipinski definition) is 2. The number of nitrogens with zero attached hydrogens (tertiary/aromatic N) is 2. The Labute approximate surface area is 121 Å². The van der Waals surface area contributed by atoms with Crippen molar-refractivity contribution in [2.45, 2.75) is 20.6 Å². The number of nitrogen functional groups attached to an aromatic ring is 1. The van der Waals surface area contributed by atoms with E-state index in [2.05, 4.69) is 10.5 Å². The lowest BCUT2D eigenvalue weighted by Gasteiger charge is -2.09. The lowest BCUT2D eigenvalue weighted by atomic mass is 10.2. The molecule has 3 N–H and O–H groups in total. The van der Waals surface area contributed by atoms with E-state index in [0.717, 1.165) is 11.4 Å². The summed E-state index contributed by atoms with van der Waals surface area (Å²) in [5.74, 6) is 5.27. The van der Waals surface area contributed by atoms with Gasteiger partial charge in [0, 0.05) is 5.56 Å². The van der Waals surface area contributed by atoms with Crippen molar-refractivity contribution in [1.82, 2.24) is 15.2 Å². The summed E-state index contributed by atoms with van der Waals surface area (Å²) < 4.78 is 7.26. The lowest BCUT2D eigenvalue weighted by Crippen LogP contribution is -2.29. The zero-order valence-electron chi connectivity index (χ0n) is 11.2. The molecule has 1 amide bonds. The van der Waals surface area contributed by atoms with E-state index >= 15 is 0 Å². The molecule has 2 rings (SSSR count). The second-order valence-electron chi connectivity index (χ2n) is 4.26. The van der Waals surface area contributed by atoms with Crippen LogP contribution in [0, 0.1) is 13.8 Å². The van der Waals surface area contributed by atoms with Crippen LogP contribution in [0.3, 0.4) is 0 Å². The Bertz CT molecular complexity index is 639. The monoisotopic (exact) mass is 294 g/mol. The number of aromatic nitrogens is 2. The Hall–Kier alpha value is -2.05. The number of carbonyl (C=O) groups excluding carboxylic acids is 1. The molecule has 0 radical (unpaired) electrons. The van der Waals surface area contributed by atoms with Crippen LogP contribution in [0.4, 0.5) is 0 Å². The molecular formula is C13H15ClN4O2. The molecule has 0 atom stereocenters. The van der Waals surface area contributed by atoms with Crippen LogP contribution in [0.1, 0.15) is 21.7 Å². The highest BCUT2D eigenvalue weighted by molar-refractivity contribution is 6.31. The molecule has 0 aliphatic carbocycles. The number of hydrazine groups is 1. The van der Waals surface area contributed by atoms with Crippen molar-refractivity contribution in [2.24, 2.45) is 5.84 Å². The molecule has 1 heterocycles. The van der Waals surface area contributed by atoms with Gasteiger partial charge < -0.3 is 4.74 Å². The number of rotatable bonds is 4. The predicted octanol–water partition coefficient (Wildman–Crippen LogP) is 1.79. The molecule has 0 bridgehead atoms. The van der Waals surface area contributed by atoms with Gasteiger partial charge in [0.15, 0.2) is 6.73 Å². The molecule has 0 saturated carbocycles. The fraction of sp³-hybridized carbons (Fsp3) is 0.231. The topological polar surface area (TPSA) is 82.2 Å². The first-order valence-corrected chi connectivity index (χ1v) is 6.34. The molecule has 1 aromatic carbocycles. The van der Waals surface area contributed by atoms with E-state index in [0.29, 0.717) is 16.3 Å². The highest BCUT2D eigenvalue weighted by Gasteiger charge is 2.10. The van der Waals surface area contributed by atoms with Crippen LogP contribution in [0.2, 0.25) is 5.02 Å². The van der Waals surface area contributed by atoms with Gasteiger partial charge in [0.2, 0.25) is 0 Å². The molecule has 0 fully saturated rings. The van der Waals surface area contributed by atoms with Gasteiger partial charge in [-0.05, 0) is 32.0 Å². The smallest absolute Gasteiger partial charge is 0.265 e. The van der Waals surface area contributed by atoms with Gasteiger partial charge in [0.05, 0.1) is 16.4 Å². The SMILES string of the molecule is Cc1nn(COc2cccc(C(=O)NN)c2)c(C)c1Cl. The van der Waals surface area contributed by atoms with Gasteiger partial charge in [0.25, 0.3) is 5.91 Å². The molecular weight excluding hydrogens is 280 g/mol. The molecule has 0 aliphatic heterocycles. The molecule has 1 aromatic heterocycles. The molecule has 6 nitrogen and oxygen atoms in total.